The van der Waals surface area contributed by atoms with Crippen LogP contribution in [0.15, 0.2) is 18.5 Å². The summed E-state index contributed by atoms with van der Waals surface area (Å²) < 4.78 is 5.57. The van der Waals surface area contributed by atoms with Crippen molar-refractivity contribution in [2.24, 2.45) is 5.92 Å². The molecule has 4 nitrogen and oxygen atoms in total. The van der Waals surface area contributed by atoms with Gasteiger partial charge in [-0.1, -0.05) is 13.8 Å². The molecule has 0 saturated carbocycles. The van der Waals surface area contributed by atoms with Crippen LogP contribution < -0.4 is 10.2 Å². The van der Waals surface area contributed by atoms with Gasteiger partial charge in [-0.15, -0.1) is 0 Å². The molecule has 2 rings (SSSR count). The van der Waals surface area contributed by atoms with E-state index >= 15 is 0 Å². The molecule has 1 aromatic heterocycles. The number of pyridine rings is 1. The summed E-state index contributed by atoms with van der Waals surface area (Å²) in [6.07, 6.45) is 6.30. The maximum Gasteiger partial charge on any atom is 0.0595 e. The van der Waals surface area contributed by atoms with Gasteiger partial charge < -0.3 is 15.0 Å². The van der Waals surface area contributed by atoms with Crippen molar-refractivity contribution in [3.8, 4) is 0 Å². The zero-order chi connectivity index (χ0) is 14.4. The summed E-state index contributed by atoms with van der Waals surface area (Å²) in [6, 6.07) is 2.60. The van der Waals surface area contributed by atoms with E-state index in [2.05, 4.69) is 42.2 Å². The normalized spacial score (nSPS) is 19.3. The van der Waals surface area contributed by atoms with Gasteiger partial charge in [0.1, 0.15) is 0 Å². The quantitative estimate of drug-likeness (QED) is 0.866. The van der Waals surface area contributed by atoms with Gasteiger partial charge in [0.25, 0.3) is 0 Å². The number of rotatable bonds is 6. The lowest BCUT2D eigenvalue weighted by Crippen LogP contribution is -2.32. The molecule has 4 heteroatoms. The van der Waals surface area contributed by atoms with Crippen molar-refractivity contribution in [3.05, 3.63) is 24.0 Å². The lowest BCUT2D eigenvalue weighted by atomic mass is 10.0. The Morgan fingerprint density at radius 3 is 3.05 bits per heavy atom. The molecule has 0 radical (unpaired) electrons. The smallest absolute Gasteiger partial charge is 0.0595 e. The third kappa shape index (κ3) is 4.46. The van der Waals surface area contributed by atoms with Crippen LogP contribution in [0.2, 0.25) is 0 Å². The zero-order valence-corrected chi connectivity index (χ0v) is 12.9. The average molecular weight is 277 g/mol. The van der Waals surface area contributed by atoms with Gasteiger partial charge >= 0.3 is 0 Å². The standard InChI is InChI=1S/C16H27N3O/c1-13(2)18-9-15-6-7-17-10-16(15)19(3)11-14-5-4-8-20-12-14/h6-7,10,13-14,18H,4-5,8-9,11-12H2,1-3H3. The summed E-state index contributed by atoms with van der Waals surface area (Å²) in [6.45, 7) is 8.09. The van der Waals surface area contributed by atoms with Crippen LogP contribution in [0.1, 0.15) is 32.3 Å². The summed E-state index contributed by atoms with van der Waals surface area (Å²) in [4.78, 5) is 6.61. The number of aromatic nitrogens is 1. The van der Waals surface area contributed by atoms with E-state index in [0.29, 0.717) is 12.0 Å². The molecule has 112 valence electrons. The minimum Gasteiger partial charge on any atom is -0.381 e. The summed E-state index contributed by atoms with van der Waals surface area (Å²) in [5.74, 6) is 0.639. The molecule has 2 heterocycles. The van der Waals surface area contributed by atoms with Gasteiger partial charge in [-0.2, -0.15) is 0 Å². The number of anilines is 1. The number of hydrogen-bond acceptors (Lipinski definition) is 4. The van der Waals surface area contributed by atoms with Crippen LogP contribution in [-0.2, 0) is 11.3 Å². The summed E-state index contributed by atoms with van der Waals surface area (Å²) in [5, 5.41) is 3.48. The van der Waals surface area contributed by atoms with Gasteiger partial charge in [0, 0.05) is 39.0 Å². The lowest BCUT2D eigenvalue weighted by Gasteiger charge is -2.29. The van der Waals surface area contributed by atoms with Gasteiger partial charge in [0.15, 0.2) is 0 Å². The fourth-order valence-electron chi connectivity index (χ4n) is 2.66. The highest BCUT2D eigenvalue weighted by Crippen LogP contribution is 2.21. The third-order valence-corrected chi connectivity index (χ3v) is 3.79. The first kappa shape index (κ1) is 15.3. The van der Waals surface area contributed by atoms with E-state index in [1.54, 1.807) is 0 Å². The summed E-state index contributed by atoms with van der Waals surface area (Å²) in [7, 11) is 2.16. The molecule has 1 N–H and O–H groups in total. The summed E-state index contributed by atoms with van der Waals surface area (Å²) >= 11 is 0. The molecule has 0 bridgehead atoms. The van der Waals surface area contributed by atoms with Crippen molar-refractivity contribution in [2.75, 3.05) is 31.7 Å². The van der Waals surface area contributed by atoms with Gasteiger partial charge in [-0.3, -0.25) is 4.98 Å². The minimum atomic E-state index is 0.494. The van der Waals surface area contributed by atoms with Crippen molar-refractivity contribution < 1.29 is 4.74 Å². The van der Waals surface area contributed by atoms with Gasteiger partial charge in [0.2, 0.25) is 0 Å². The van der Waals surface area contributed by atoms with E-state index in [-0.39, 0.29) is 0 Å². The molecule has 1 aromatic rings. The SMILES string of the molecule is CC(C)NCc1ccncc1N(C)CC1CCCOC1. The van der Waals surface area contributed by atoms with Crippen LogP contribution in [0.25, 0.3) is 0 Å². The molecule has 20 heavy (non-hydrogen) atoms. The monoisotopic (exact) mass is 277 g/mol. The van der Waals surface area contributed by atoms with E-state index in [9.17, 15) is 0 Å². The molecule has 1 aliphatic rings. The van der Waals surface area contributed by atoms with E-state index in [4.69, 9.17) is 4.74 Å². The molecule has 0 aromatic carbocycles. The van der Waals surface area contributed by atoms with Crippen molar-refractivity contribution >= 4 is 5.69 Å². The molecule has 1 atom stereocenters. The fourth-order valence-corrected chi connectivity index (χ4v) is 2.66. The Morgan fingerprint density at radius 2 is 2.35 bits per heavy atom. The first-order valence-electron chi connectivity index (χ1n) is 7.62. The Balaban J connectivity index is 1.98. The second kappa shape index (κ2) is 7.60. The molecular formula is C16H27N3O. The predicted octanol–water partition coefficient (Wildman–Crippen LogP) is 2.44. The zero-order valence-electron chi connectivity index (χ0n) is 12.9. The van der Waals surface area contributed by atoms with Crippen LogP contribution in [0.4, 0.5) is 5.69 Å². The molecule has 1 unspecified atom stereocenters. The minimum absolute atomic E-state index is 0.494. The van der Waals surface area contributed by atoms with E-state index in [0.717, 1.165) is 26.3 Å². The Kier molecular flexibility index (Phi) is 5.80. The number of ether oxygens (including phenoxy) is 1. The Hall–Kier alpha value is -1.13. The Labute approximate surface area is 122 Å². The maximum atomic E-state index is 5.57. The van der Waals surface area contributed by atoms with Gasteiger partial charge in [-0.05, 0) is 30.4 Å². The van der Waals surface area contributed by atoms with Gasteiger partial charge in [-0.25, -0.2) is 0 Å². The number of hydrogen-bond donors (Lipinski definition) is 1. The van der Waals surface area contributed by atoms with E-state index in [1.807, 2.05) is 12.4 Å². The van der Waals surface area contributed by atoms with Crippen LogP contribution in [0.3, 0.4) is 0 Å². The predicted molar refractivity (Wildman–Crippen MR) is 83.0 cm³/mol. The molecular weight excluding hydrogens is 250 g/mol. The summed E-state index contributed by atoms with van der Waals surface area (Å²) in [5.41, 5.74) is 2.54. The van der Waals surface area contributed by atoms with E-state index < -0.39 is 0 Å². The molecule has 0 aliphatic carbocycles. The molecule has 1 aliphatic heterocycles. The van der Waals surface area contributed by atoms with Gasteiger partial charge in [0.05, 0.1) is 18.5 Å². The van der Waals surface area contributed by atoms with Crippen molar-refractivity contribution in [2.45, 2.75) is 39.3 Å². The molecule has 1 saturated heterocycles. The molecule has 1 fully saturated rings. The average Bonchev–Trinajstić information content (AvgIpc) is 2.46. The Morgan fingerprint density at radius 1 is 1.50 bits per heavy atom. The van der Waals surface area contributed by atoms with Crippen molar-refractivity contribution in [3.63, 3.8) is 0 Å². The lowest BCUT2D eigenvalue weighted by molar-refractivity contribution is 0.0576. The second-order valence-corrected chi connectivity index (χ2v) is 6.00. The highest BCUT2D eigenvalue weighted by atomic mass is 16.5. The number of nitrogens with zero attached hydrogens (tertiary/aromatic N) is 2. The van der Waals surface area contributed by atoms with Crippen LogP contribution in [-0.4, -0.2) is 37.8 Å². The first-order valence-corrected chi connectivity index (χ1v) is 7.62. The number of nitrogens with one attached hydrogen (secondary N) is 1. The Bertz CT molecular complexity index is 402. The highest BCUT2D eigenvalue weighted by Gasteiger charge is 2.17. The third-order valence-electron chi connectivity index (χ3n) is 3.79. The van der Waals surface area contributed by atoms with Crippen molar-refractivity contribution in [1.29, 1.82) is 0 Å². The topological polar surface area (TPSA) is 37.4 Å². The maximum absolute atomic E-state index is 5.57. The van der Waals surface area contributed by atoms with Crippen LogP contribution in [0.5, 0.6) is 0 Å². The largest absolute Gasteiger partial charge is 0.381 e. The van der Waals surface area contributed by atoms with E-state index in [1.165, 1.54) is 24.1 Å². The van der Waals surface area contributed by atoms with Crippen LogP contribution >= 0.6 is 0 Å². The van der Waals surface area contributed by atoms with Crippen LogP contribution in [0, 0.1) is 5.92 Å². The first-order chi connectivity index (χ1) is 9.66. The fraction of sp³-hybridized carbons (Fsp3) is 0.688. The highest BCUT2D eigenvalue weighted by molar-refractivity contribution is 5.51. The molecule has 0 amide bonds. The van der Waals surface area contributed by atoms with Crippen molar-refractivity contribution in [1.82, 2.24) is 10.3 Å². The molecule has 0 spiro atoms. The second-order valence-electron chi connectivity index (χ2n) is 6.00.